The Kier molecular flexibility index (Phi) is 5.90. The first-order chi connectivity index (χ1) is 14.8. The van der Waals surface area contributed by atoms with Crippen LogP contribution in [0.25, 0.3) is 33.2 Å². The van der Waals surface area contributed by atoms with Crippen LogP contribution in [0, 0.1) is 17.7 Å². The molecule has 5 nitrogen and oxygen atoms in total. The van der Waals surface area contributed by atoms with Gasteiger partial charge in [-0.1, -0.05) is 34.1 Å². The summed E-state index contributed by atoms with van der Waals surface area (Å²) >= 11 is 0. The molecular formula is C25H30FN5. The second kappa shape index (κ2) is 8.61. The molecule has 0 aliphatic rings. The summed E-state index contributed by atoms with van der Waals surface area (Å²) in [5.74, 6) is 1.37. The number of aromatic nitrogens is 4. The quantitative estimate of drug-likeness (QED) is 0.378. The first-order valence-electron chi connectivity index (χ1n) is 11.0. The van der Waals surface area contributed by atoms with Gasteiger partial charge in [0.2, 0.25) is 0 Å². The lowest BCUT2D eigenvalue weighted by Crippen LogP contribution is -2.31. The molecule has 0 unspecified atom stereocenters. The van der Waals surface area contributed by atoms with E-state index < -0.39 is 0 Å². The Morgan fingerprint density at radius 3 is 2.61 bits per heavy atom. The van der Waals surface area contributed by atoms with Crippen LogP contribution in [0.5, 0.6) is 0 Å². The standard InChI is InChI=1S/C25H30FN5/c1-6-17(4)14-31(13-16(2)3)21-7-8-23-19(10-21)12-27-25(28-23)18-9-20-15-30(5)29-24(20)22(26)11-18/h7-12,15-17H,6,13-14H2,1-5H3/t17-/m1/s1. The van der Waals surface area contributed by atoms with E-state index in [1.807, 2.05) is 18.3 Å². The number of hydrogen-bond acceptors (Lipinski definition) is 4. The van der Waals surface area contributed by atoms with Crippen LogP contribution in [0.2, 0.25) is 0 Å². The molecule has 6 heteroatoms. The molecule has 0 saturated carbocycles. The molecule has 4 rings (SSSR count). The summed E-state index contributed by atoms with van der Waals surface area (Å²) in [7, 11) is 1.78. The maximum atomic E-state index is 14.5. The Morgan fingerprint density at radius 1 is 1.06 bits per heavy atom. The van der Waals surface area contributed by atoms with Gasteiger partial charge in [-0.05, 0) is 42.2 Å². The smallest absolute Gasteiger partial charge is 0.159 e. The Balaban J connectivity index is 1.69. The Labute approximate surface area is 182 Å². The van der Waals surface area contributed by atoms with Crippen molar-refractivity contribution in [3.05, 3.63) is 48.5 Å². The van der Waals surface area contributed by atoms with E-state index in [0.29, 0.717) is 28.7 Å². The number of hydrogen-bond donors (Lipinski definition) is 0. The summed E-state index contributed by atoms with van der Waals surface area (Å²) in [5.41, 5.74) is 3.07. The van der Waals surface area contributed by atoms with Crippen molar-refractivity contribution < 1.29 is 4.39 Å². The third kappa shape index (κ3) is 4.53. The normalized spacial score (nSPS) is 12.7. The van der Waals surface area contributed by atoms with Crippen molar-refractivity contribution in [3.8, 4) is 11.4 Å². The molecule has 31 heavy (non-hydrogen) atoms. The predicted octanol–water partition coefficient (Wildman–Crippen LogP) is 5.83. The minimum absolute atomic E-state index is 0.360. The van der Waals surface area contributed by atoms with Gasteiger partial charge in [-0.25, -0.2) is 14.4 Å². The summed E-state index contributed by atoms with van der Waals surface area (Å²) in [4.78, 5) is 11.7. The van der Waals surface area contributed by atoms with E-state index in [2.05, 4.69) is 54.8 Å². The predicted molar refractivity (Wildman–Crippen MR) is 126 cm³/mol. The highest BCUT2D eigenvalue weighted by molar-refractivity contribution is 5.86. The third-order valence-corrected chi connectivity index (χ3v) is 5.68. The van der Waals surface area contributed by atoms with Gasteiger partial charge in [-0.3, -0.25) is 4.68 Å². The summed E-state index contributed by atoms with van der Waals surface area (Å²) < 4.78 is 16.1. The molecule has 162 valence electrons. The van der Waals surface area contributed by atoms with Gasteiger partial charge in [0.05, 0.1) is 5.52 Å². The Morgan fingerprint density at radius 2 is 1.87 bits per heavy atom. The number of benzene rings is 2. The maximum Gasteiger partial charge on any atom is 0.159 e. The average Bonchev–Trinajstić information content (AvgIpc) is 3.13. The molecule has 0 amide bonds. The average molecular weight is 420 g/mol. The lowest BCUT2D eigenvalue weighted by Gasteiger charge is -2.29. The highest BCUT2D eigenvalue weighted by Gasteiger charge is 2.14. The number of rotatable bonds is 7. The van der Waals surface area contributed by atoms with E-state index in [4.69, 9.17) is 4.98 Å². The van der Waals surface area contributed by atoms with Crippen LogP contribution < -0.4 is 4.90 Å². The zero-order chi connectivity index (χ0) is 22.1. The van der Waals surface area contributed by atoms with E-state index >= 15 is 0 Å². The monoisotopic (exact) mass is 419 g/mol. The van der Waals surface area contributed by atoms with E-state index in [9.17, 15) is 4.39 Å². The number of fused-ring (bicyclic) bond motifs is 2. The highest BCUT2D eigenvalue weighted by atomic mass is 19.1. The molecule has 0 fully saturated rings. The number of halogens is 1. The van der Waals surface area contributed by atoms with Crippen LogP contribution in [-0.4, -0.2) is 32.8 Å². The minimum atomic E-state index is -0.360. The second-order valence-electron chi connectivity index (χ2n) is 8.95. The molecule has 4 aromatic rings. The largest absolute Gasteiger partial charge is 0.371 e. The molecule has 0 spiro atoms. The maximum absolute atomic E-state index is 14.5. The molecule has 2 aromatic heterocycles. The summed E-state index contributed by atoms with van der Waals surface area (Å²) in [6, 6.07) is 9.68. The van der Waals surface area contributed by atoms with Crippen LogP contribution in [0.15, 0.2) is 42.7 Å². The second-order valence-corrected chi connectivity index (χ2v) is 8.95. The molecule has 0 saturated heterocycles. The van der Waals surface area contributed by atoms with Crippen LogP contribution >= 0.6 is 0 Å². The lowest BCUT2D eigenvalue weighted by atomic mass is 10.1. The first kappa shape index (κ1) is 21.2. The molecule has 0 bridgehead atoms. The summed E-state index contributed by atoms with van der Waals surface area (Å²) in [5, 5.41) is 5.90. The van der Waals surface area contributed by atoms with Gasteiger partial charge in [0, 0.05) is 54.6 Å². The van der Waals surface area contributed by atoms with Gasteiger partial charge in [0.15, 0.2) is 11.6 Å². The Hall–Kier alpha value is -3.02. The summed E-state index contributed by atoms with van der Waals surface area (Å²) in [6.07, 6.45) is 4.80. The van der Waals surface area contributed by atoms with Gasteiger partial charge in [-0.15, -0.1) is 0 Å². The molecule has 2 aromatic carbocycles. The number of aryl methyl sites for hydroxylation is 1. The van der Waals surface area contributed by atoms with E-state index in [1.165, 1.54) is 11.8 Å². The fraction of sp³-hybridized carbons (Fsp3) is 0.400. The topological polar surface area (TPSA) is 46.8 Å². The van der Waals surface area contributed by atoms with Gasteiger partial charge in [0.25, 0.3) is 0 Å². The summed E-state index contributed by atoms with van der Waals surface area (Å²) in [6.45, 7) is 11.1. The highest BCUT2D eigenvalue weighted by Crippen LogP contribution is 2.27. The van der Waals surface area contributed by atoms with Crippen molar-refractivity contribution in [1.29, 1.82) is 0 Å². The molecule has 2 heterocycles. The molecule has 0 aliphatic heterocycles. The van der Waals surface area contributed by atoms with Gasteiger partial charge in [0.1, 0.15) is 5.52 Å². The lowest BCUT2D eigenvalue weighted by molar-refractivity contribution is 0.513. The number of anilines is 1. The van der Waals surface area contributed by atoms with Crippen LogP contribution in [0.3, 0.4) is 0 Å². The SMILES string of the molecule is CC[C@@H](C)CN(CC(C)C)c1ccc2nc(-c3cc(F)c4nn(C)cc4c3)ncc2c1. The zero-order valence-electron chi connectivity index (χ0n) is 18.9. The fourth-order valence-corrected chi connectivity index (χ4v) is 3.93. The molecule has 1 atom stereocenters. The van der Waals surface area contributed by atoms with Crippen molar-refractivity contribution >= 4 is 27.5 Å². The van der Waals surface area contributed by atoms with Crippen molar-refractivity contribution in [2.45, 2.75) is 34.1 Å². The van der Waals surface area contributed by atoms with Crippen molar-refractivity contribution in [3.63, 3.8) is 0 Å². The van der Waals surface area contributed by atoms with Crippen molar-refractivity contribution in [1.82, 2.24) is 19.7 Å². The number of nitrogens with zero attached hydrogens (tertiary/aromatic N) is 5. The first-order valence-corrected chi connectivity index (χ1v) is 11.0. The van der Waals surface area contributed by atoms with Crippen LogP contribution in [0.4, 0.5) is 10.1 Å². The van der Waals surface area contributed by atoms with Crippen LogP contribution in [-0.2, 0) is 7.05 Å². The van der Waals surface area contributed by atoms with E-state index in [0.717, 1.165) is 35.8 Å². The molecule has 0 N–H and O–H groups in total. The van der Waals surface area contributed by atoms with Crippen molar-refractivity contribution in [2.24, 2.45) is 18.9 Å². The van der Waals surface area contributed by atoms with Gasteiger partial charge >= 0.3 is 0 Å². The molecule has 0 radical (unpaired) electrons. The van der Waals surface area contributed by atoms with Gasteiger partial charge < -0.3 is 4.90 Å². The Bertz CT molecular complexity index is 1210. The van der Waals surface area contributed by atoms with Crippen molar-refractivity contribution in [2.75, 3.05) is 18.0 Å². The van der Waals surface area contributed by atoms with E-state index in [-0.39, 0.29) is 5.82 Å². The van der Waals surface area contributed by atoms with E-state index in [1.54, 1.807) is 17.9 Å². The van der Waals surface area contributed by atoms with Crippen LogP contribution in [0.1, 0.15) is 34.1 Å². The molecular weight excluding hydrogens is 389 g/mol. The third-order valence-electron chi connectivity index (χ3n) is 5.68. The van der Waals surface area contributed by atoms with Gasteiger partial charge in [-0.2, -0.15) is 5.10 Å². The zero-order valence-corrected chi connectivity index (χ0v) is 18.9. The fourth-order valence-electron chi connectivity index (χ4n) is 3.93. The molecule has 0 aliphatic carbocycles. The minimum Gasteiger partial charge on any atom is -0.371 e.